The van der Waals surface area contributed by atoms with Crippen LogP contribution in [-0.4, -0.2) is 19.4 Å². The van der Waals surface area contributed by atoms with E-state index in [9.17, 15) is 4.79 Å². The van der Waals surface area contributed by atoms with Gasteiger partial charge in [-0.15, -0.1) is 0 Å². The van der Waals surface area contributed by atoms with Gasteiger partial charge in [0.25, 0.3) is 0 Å². The zero-order chi connectivity index (χ0) is 9.52. The Balaban J connectivity index is 2.51. The summed E-state index contributed by atoms with van der Waals surface area (Å²) in [5.74, 6) is 0. The van der Waals surface area contributed by atoms with E-state index in [1.807, 2.05) is 24.5 Å². The topological polar surface area (TPSA) is 29.1 Å². The molecule has 0 aliphatic heterocycles. The predicted octanol–water partition coefficient (Wildman–Crippen LogP) is 1.30. The van der Waals surface area contributed by atoms with E-state index in [2.05, 4.69) is 12.2 Å². The average Bonchev–Trinajstić information content (AvgIpc) is 2.19. The van der Waals surface area contributed by atoms with Crippen molar-refractivity contribution in [1.29, 1.82) is 0 Å². The smallest absolute Gasteiger partial charge is 0.233 e. The molecule has 2 nitrogen and oxygen atoms in total. The van der Waals surface area contributed by atoms with Crippen LogP contribution >= 0.6 is 0 Å². The van der Waals surface area contributed by atoms with E-state index in [1.165, 1.54) is 5.56 Å². The maximum atomic E-state index is 10.3. The zero-order valence-electron chi connectivity index (χ0n) is 7.84. The Bertz CT molecular complexity index is 271. The molecule has 1 rings (SSSR count). The van der Waals surface area contributed by atoms with Crippen molar-refractivity contribution in [2.24, 2.45) is 0 Å². The molecule has 0 unspecified atom stereocenters. The lowest BCUT2D eigenvalue weighted by Crippen LogP contribution is -2.16. The van der Waals surface area contributed by atoms with Crippen LogP contribution < -0.4 is 5.32 Å². The Morgan fingerprint density at radius 3 is 3.00 bits per heavy atom. The summed E-state index contributed by atoms with van der Waals surface area (Å²) in [5, 5.41) is 3.24. The summed E-state index contributed by atoms with van der Waals surface area (Å²) < 4.78 is 0. The molecule has 0 saturated heterocycles. The first-order valence-electron chi connectivity index (χ1n) is 4.54. The molecule has 0 aliphatic rings. The van der Waals surface area contributed by atoms with Gasteiger partial charge in [0.2, 0.25) is 6.29 Å². The Kier molecular flexibility index (Phi) is 4.19. The van der Waals surface area contributed by atoms with Crippen molar-refractivity contribution in [2.75, 3.05) is 13.1 Å². The number of likely N-dealkylation sites (N-methyl/N-ethyl adjacent to an activating group) is 1. The number of rotatable bonds is 5. The van der Waals surface area contributed by atoms with Crippen LogP contribution in [0.3, 0.4) is 0 Å². The Hall–Kier alpha value is -1.15. The van der Waals surface area contributed by atoms with Crippen LogP contribution in [0.5, 0.6) is 0 Å². The first-order chi connectivity index (χ1) is 6.36. The summed E-state index contributed by atoms with van der Waals surface area (Å²) in [7, 11) is 0. The van der Waals surface area contributed by atoms with Crippen LogP contribution in [0.1, 0.15) is 18.1 Å². The molecule has 0 amide bonds. The molecule has 1 aromatic carbocycles. The van der Waals surface area contributed by atoms with Crippen LogP contribution in [0.15, 0.2) is 24.3 Å². The van der Waals surface area contributed by atoms with E-state index < -0.39 is 0 Å². The quantitative estimate of drug-likeness (QED) is 0.685. The third kappa shape index (κ3) is 3.38. The largest absolute Gasteiger partial charge is 0.317 e. The number of carbonyl (C=O) groups excluding carboxylic acids is 1. The predicted molar refractivity (Wildman–Crippen MR) is 53.5 cm³/mol. The van der Waals surface area contributed by atoms with Crippen molar-refractivity contribution in [3.63, 3.8) is 0 Å². The maximum absolute atomic E-state index is 10.3. The van der Waals surface area contributed by atoms with Crippen molar-refractivity contribution in [2.45, 2.75) is 13.3 Å². The molecule has 0 bridgehead atoms. The van der Waals surface area contributed by atoms with Crippen molar-refractivity contribution in [3.8, 4) is 0 Å². The van der Waals surface area contributed by atoms with E-state index in [1.54, 1.807) is 6.07 Å². The molecule has 0 fully saturated rings. The second-order valence-electron chi connectivity index (χ2n) is 2.91. The third-order valence-electron chi connectivity index (χ3n) is 1.89. The van der Waals surface area contributed by atoms with Crippen LogP contribution in [0.4, 0.5) is 0 Å². The molecule has 0 saturated carbocycles. The van der Waals surface area contributed by atoms with E-state index >= 15 is 0 Å². The highest BCUT2D eigenvalue weighted by molar-refractivity contribution is 5.75. The lowest BCUT2D eigenvalue weighted by atomic mass is 10.1. The minimum absolute atomic E-state index is 0.633. The molecule has 2 heteroatoms. The molecule has 0 heterocycles. The maximum Gasteiger partial charge on any atom is 0.233 e. The lowest BCUT2D eigenvalue weighted by Gasteiger charge is -2.01. The summed E-state index contributed by atoms with van der Waals surface area (Å²) in [4.78, 5) is 10.3. The second-order valence-corrected chi connectivity index (χ2v) is 2.91. The van der Waals surface area contributed by atoms with Gasteiger partial charge >= 0.3 is 0 Å². The molecule has 69 valence electrons. The lowest BCUT2D eigenvalue weighted by molar-refractivity contribution is 0.562. The van der Waals surface area contributed by atoms with Gasteiger partial charge in [-0.3, -0.25) is 4.79 Å². The first-order valence-corrected chi connectivity index (χ1v) is 4.54. The first kappa shape index (κ1) is 9.93. The van der Waals surface area contributed by atoms with Crippen LogP contribution in [0.25, 0.3) is 0 Å². The van der Waals surface area contributed by atoms with Crippen LogP contribution in [0, 0.1) is 0 Å². The standard InChI is InChI=1S/C11H14NO/c1-2-12-7-6-10-4-3-5-11(8-10)9-13/h3-5,8,12H,2,6-7H2,1H3. The van der Waals surface area contributed by atoms with E-state index in [0.29, 0.717) is 5.56 Å². The highest BCUT2D eigenvalue weighted by Crippen LogP contribution is 2.03. The van der Waals surface area contributed by atoms with Gasteiger partial charge in [-0.05, 0) is 31.1 Å². The van der Waals surface area contributed by atoms with Gasteiger partial charge in [-0.1, -0.05) is 25.1 Å². The minimum Gasteiger partial charge on any atom is -0.317 e. The van der Waals surface area contributed by atoms with Gasteiger partial charge < -0.3 is 5.32 Å². The Morgan fingerprint density at radius 1 is 1.46 bits per heavy atom. The number of hydrogen-bond donors (Lipinski definition) is 1. The molecule has 1 N–H and O–H groups in total. The monoisotopic (exact) mass is 176 g/mol. The second kappa shape index (κ2) is 5.49. The summed E-state index contributed by atoms with van der Waals surface area (Å²) in [5.41, 5.74) is 1.82. The number of hydrogen-bond acceptors (Lipinski definition) is 2. The fraction of sp³-hybridized carbons (Fsp3) is 0.364. The molecule has 0 aromatic heterocycles. The van der Waals surface area contributed by atoms with Crippen molar-refractivity contribution >= 4 is 6.29 Å². The van der Waals surface area contributed by atoms with Crippen LogP contribution in [0.2, 0.25) is 0 Å². The normalized spacial score (nSPS) is 9.92. The van der Waals surface area contributed by atoms with Crippen molar-refractivity contribution in [1.82, 2.24) is 5.32 Å². The Morgan fingerprint density at radius 2 is 2.31 bits per heavy atom. The zero-order valence-corrected chi connectivity index (χ0v) is 7.84. The Labute approximate surface area is 79.0 Å². The van der Waals surface area contributed by atoms with E-state index in [0.717, 1.165) is 19.5 Å². The fourth-order valence-electron chi connectivity index (χ4n) is 1.20. The van der Waals surface area contributed by atoms with Gasteiger partial charge in [0, 0.05) is 5.56 Å². The highest BCUT2D eigenvalue weighted by atomic mass is 16.1. The molecule has 1 aromatic rings. The summed E-state index contributed by atoms with van der Waals surface area (Å²) in [6.45, 7) is 4.02. The summed E-state index contributed by atoms with van der Waals surface area (Å²) in [6.07, 6.45) is 2.85. The van der Waals surface area contributed by atoms with Crippen molar-refractivity contribution < 1.29 is 4.79 Å². The number of benzene rings is 1. The van der Waals surface area contributed by atoms with E-state index in [-0.39, 0.29) is 0 Å². The highest BCUT2D eigenvalue weighted by Gasteiger charge is 1.94. The molecule has 0 atom stereocenters. The van der Waals surface area contributed by atoms with Gasteiger partial charge in [0.1, 0.15) is 0 Å². The third-order valence-corrected chi connectivity index (χ3v) is 1.89. The van der Waals surface area contributed by atoms with Crippen molar-refractivity contribution in [3.05, 3.63) is 35.4 Å². The molecular weight excluding hydrogens is 162 g/mol. The average molecular weight is 176 g/mol. The molecule has 0 spiro atoms. The number of nitrogens with one attached hydrogen (secondary N) is 1. The SMILES string of the molecule is CCNCCc1cccc([C]=O)c1. The summed E-state index contributed by atoms with van der Waals surface area (Å²) >= 11 is 0. The van der Waals surface area contributed by atoms with E-state index in [4.69, 9.17) is 0 Å². The van der Waals surface area contributed by atoms with Gasteiger partial charge in [-0.2, -0.15) is 0 Å². The molecular formula is C11H14NO. The fourth-order valence-corrected chi connectivity index (χ4v) is 1.20. The summed E-state index contributed by atoms with van der Waals surface area (Å²) in [6, 6.07) is 7.56. The van der Waals surface area contributed by atoms with Crippen LogP contribution in [-0.2, 0) is 11.2 Å². The molecule has 1 radical (unpaired) electrons. The molecule has 13 heavy (non-hydrogen) atoms. The minimum atomic E-state index is 0.633. The van der Waals surface area contributed by atoms with Gasteiger partial charge in [0.15, 0.2) is 0 Å². The van der Waals surface area contributed by atoms with Gasteiger partial charge in [0.05, 0.1) is 0 Å². The van der Waals surface area contributed by atoms with Gasteiger partial charge in [-0.25, -0.2) is 0 Å². The molecule has 0 aliphatic carbocycles.